The molecule has 2 atom stereocenters. The Morgan fingerprint density at radius 1 is 1.14 bits per heavy atom. The number of benzene rings is 1. The molecule has 0 spiro atoms. The molecule has 3 aromatic rings. The Bertz CT molecular complexity index is 1000. The van der Waals surface area contributed by atoms with Gasteiger partial charge in [-0.25, -0.2) is 0 Å². The van der Waals surface area contributed by atoms with Crippen LogP contribution in [0.5, 0.6) is 5.75 Å². The molecular weight excluding hydrogens is 356 g/mol. The van der Waals surface area contributed by atoms with Crippen LogP contribution in [-0.2, 0) is 11.2 Å². The zero-order valence-electron chi connectivity index (χ0n) is 15.7. The van der Waals surface area contributed by atoms with Crippen molar-refractivity contribution in [2.75, 3.05) is 38.2 Å². The molecule has 2 aromatic heterocycles. The van der Waals surface area contributed by atoms with Crippen LogP contribution in [0.15, 0.2) is 42.7 Å². The lowest BCUT2D eigenvalue weighted by molar-refractivity contribution is -0.129. The van der Waals surface area contributed by atoms with E-state index in [2.05, 4.69) is 20.2 Å². The quantitative estimate of drug-likeness (QED) is 0.681. The van der Waals surface area contributed by atoms with Crippen LogP contribution in [0.25, 0.3) is 5.65 Å². The van der Waals surface area contributed by atoms with Crippen molar-refractivity contribution in [3.63, 3.8) is 0 Å². The lowest BCUT2D eigenvalue weighted by atomic mass is 10.0. The number of aromatic nitrogens is 4. The highest BCUT2D eigenvalue weighted by Gasteiger charge is 2.41. The number of anilines is 1. The van der Waals surface area contributed by atoms with E-state index in [0.29, 0.717) is 18.3 Å². The van der Waals surface area contributed by atoms with E-state index >= 15 is 0 Å². The van der Waals surface area contributed by atoms with E-state index in [1.807, 2.05) is 41.3 Å². The largest absolute Gasteiger partial charge is 0.497 e. The first kappa shape index (κ1) is 17.0. The van der Waals surface area contributed by atoms with E-state index in [1.165, 1.54) is 0 Å². The van der Waals surface area contributed by atoms with Gasteiger partial charge in [0.2, 0.25) is 5.91 Å². The monoisotopic (exact) mass is 378 g/mol. The van der Waals surface area contributed by atoms with Crippen LogP contribution >= 0.6 is 0 Å². The maximum absolute atomic E-state index is 12.8. The van der Waals surface area contributed by atoms with Crippen LogP contribution in [0.3, 0.4) is 0 Å². The Balaban J connectivity index is 1.22. The predicted octanol–water partition coefficient (Wildman–Crippen LogP) is 1.27. The molecule has 2 aliphatic heterocycles. The van der Waals surface area contributed by atoms with Crippen molar-refractivity contribution in [3.8, 4) is 5.75 Å². The number of fused-ring (bicyclic) bond motifs is 2. The zero-order valence-corrected chi connectivity index (χ0v) is 15.7. The maximum atomic E-state index is 12.8. The highest BCUT2D eigenvalue weighted by Crippen LogP contribution is 2.33. The maximum Gasteiger partial charge on any atom is 0.227 e. The molecule has 0 N–H and O–H groups in total. The summed E-state index contributed by atoms with van der Waals surface area (Å²) in [5, 5.41) is 12.5. The third-order valence-electron chi connectivity index (χ3n) is 5.80. The molecule has 1 amide bonds. The molecule has 28 heavy (non-hydrogen) atoms. The van der Waals surface area contributed by atoms with E-state index < -0.39 is 0 Å². The summed E-state index contributed by atoms with van der Waals surface area (Å²) in [6, 6.07) is 11.7. The molecule has 2 fully saturated rings. The molecule has 8 heteroatoms. The fraction of sp³-hybridized carbons (Fsp3) is 0.400. The first-order chi connectivity index (χ1) is 13.7. The molecule has 4 heterocycles. The normalized spacial score (nSPS) is 21.3. The number of hydrogen-bond donors (Lipinski definition) is 0. The smallest absolute Gasteiger partial charge is 0.227 e. The predicted molar refractivity (Wildman–Crippen MR) is 103 cm³/mol. The topological polar surface area (TPSA) is 75.9 Å². The van der Waals surface area contributed by atoms with Gasteiger partial charge in [0.05, 0.1) is 13.5 Å². The molecular formula is C20H22N6O2. The summed E-state index contributed by atoms with van der Waals surface area (Å²) < 4.78 is 6.95. The van der Waals surface area contributed by atoms with E-state index in [1.54, 1.807) is 18.0 Å². The van der Waals surface area contributed by atoms with Gasteiger partial charge < -0.3 is 14.5 Å². The van der Waals surface area contributed by atoms with Crippen LogP contribution < -0.4 is 9.64 Å². The minimum absolute atomic E-state index is 0.193. The Labute approximate surface area is 162 Å². The minimum Gasteiger partial charge on any atom is -0.497 e. The summed E-state index contributed by atoms with van der Waals surface area (Å²) in [4.78, 5) is 17.1. The lowest BCUT2D eigenvalue weighted by Crippen LogP contribution is -2.34. The SMILES string of the molecule is COc1cccc(CC(=O)N2CC3CN(c4ccc5nncn5n4)CC3C2)c1. The first-order valence-electron chi connectivity index (χ1n) is 9.52. The van der Waals surface area contributed by atoms with Crippen molar-refractivity contribution in [2.45, 2.75) is 6.42 Å². The average Bonchev–Trinajstić information content (AvgIpc) is 3.41. The van der Waals surface area contributed by atoms with Crippen LogP contribution in [0.2, 0.25) is 0 Å². The van der Waals surface area contributed by atoms with Crippen molar-refractivity contribution >= 4 is 17.4 Å². The number of ether oxygens (including phenoxy) is 1. The molecule has 2 saturated heterocycles. The van der Waals surface area contributed by atoms with Gasteiger partial charge in [-0.2, -0.15) is 4.52 Å². The highest BCUT2D eigenvalue weighted by atomic mass is 16.5. The number of carbonyl (C=O) groups excluding carboxylic acids is 1. The molecule has 0 radical (unpaired) electrons. The second-order valence-electron chi connectivity index (χ2n) is 7.58. The number of methoxy groups -OCH3 is 1. The molecule has 2 aliphatic rings. The van der Waals surface area contributed by atoms with Crippen molar-refractivity contribution < 1.29 is 9.53 Å². The third-order valence-corrected chi connectivity index (χ3v) is 5.80. The number of hydrogen-bond acceptors (Lipinski definition) is 6. The lowest BCUT2D eigenvalue weighted by Gasteiger charge is -2.22. The second-order valence-corrected chi connectivity index (χ2v) is 7.58. The summed E-state index contributed by atoms with van der Waals surface area (Å²) in [5.41, 5.74) is 1.74. The number of rotatable bonds is 4. The summed E-state index contributed by atoms with van der Waals surface area (Å²) in [7, 11) is 1.64. The van der Waals surface area contributed by atoms with Gasteiger partial charge in [0, 0.05) is 38.0 Å². The number of carbonyl (C=O) groups is 1. The van der Waals surface area contributed by atoms with Gasteiger partial charge in [-0.1, -0.05) is 12.1 Å². The van der Waals surface area contributed by atoms with E-state index in [4.69, 9.17) is 4.74 Å². The molecule has 1 aromatic carbocycles. The minimum atomic E-state index is 0.193. The molecule has 0 bridgehead atoms. The highest BCUT2D eigenvalue weighted by molar-refractivity contribution is 5.79. The number of amides is 1. The van der Waals surface area contributed by atoms with Crippen molar-refractivity contribution in [1.29, 1.82) is 0 Å². The average molecular weight is 378 g/mol. The fourth-order valence-corrected chi connectivity index (χ4v) is 4.34. The second kappa shape index (κ2) is 6.78. The summed E-state index contributed by atoms with van der Waals surface area (Å²) in [6.07, 6.45) is 2.04. The van der Waals surface area contributed by atoms with Gasteiger partial charge in [0.25, 0.3) is 0 Å². The first-order valence-corrected chi connectivity index (χ1v) is 9.52. The van der Waals surface area contributed by atoms with Crippen LogP contribution in [-0.4, -0.2) is 63.9 Å². The number of nitrogens with zero attached hydrogens (tertiary/aromatic N) is 6. The van der Waals surface area contributed by atoms with Gasteiger partial charge in [0.1, 0.15) is 17.9 Å². The van der Waals surface area contributed by atoms with Gasteiger partial charge in [-0.05, 0) is 29.8 Å². The molecule has 0 saturated carbocycles. The van der Waals surface area contributed by atoms with Crippen LogP contribution in [0.1, 0.15) is 5.56 Å². The molecule has 8 nitrogen and oxygen atoms in total. The summed E-state index contributed by atoms with van der Waals surface area (Å²) in [6.45, 7) is 3.49. The third kappa shape index (κ3) is 3.04. The summed E-state index contributed by atoms with van der Waals surface area (Å²) in [5.74, 6) is 2.91. The van der Waals surface area contributed by atoms with Gasteiger partial charge in [-0.15, -0.1) is 15.3 Å². The number of likely N-dealkylation sites (tertiary alicyclic amines) is 1. The standard InChI is InChI=1S/C20H22N6O2/c1-28-17-4-2-3-14(7-17)8-20(27)25-11-15-9-24(10-16(15)12-25)19-6-5-18-22-21-13-26(18)23-19/h2-7,13,15-16H,8-12H2,1H3. The molecule has 0 aliphatic carbocycles. The van der Waals surface area contributed by atoms with Crippen molar-refractivity contribution in [3.05, 3.63) is 48.3 Å². The summed E-state index contributed by atoms with van der Waals surface area (Å²) >= 11 is 0. The van der Waals surface area contributed by atoms with Gasteiger partial charge in [0.15, 0.2) is 5.65 Å². The van der Waals surface area contributed by atoms with Gasteiger partial charge in [-0.3, -0.25) is 4.79 Å². The zero-order chi connectivity index (χ0) is 19.1. The van der Waals surface area contributed by atoms with Crippen LogP contribution in [0, 0.1) is 11.8 Å². The van der Waals surface area contributed by atoms with Crippen molar-refractivity contribution in [2.24, 2.45) is 11.8 Å². The van der Waals surface area contributed by atoms with E-state index in [0.717, 1.165) is 49.0 Å². The van der Waals surface area contributed by atoms with Gasteiger partial charge >= 0.3 is 0 Å². The molecule has 5 rings (SSSR count). The Morgan fingerprint density at radius 3 is 2.75 bits per heavy atom. The van der Waals surface area contributed by atoms with E-state index in [-0.39, 0.29) is 5.91 Å². The Morgan fingerprint density at radius 2 is 1.96 bits per heavy atom. The van der Waals surface area contributed by atoms with E-state index in [9.17, 15) is 4.79 Å². The van der Waals surface area contributed by atoms with Crippen LogP contribution in [0.4, 0.5) is 5.82 Å². The molecule has 2 unspecified atom stereocenters. The van der Waals surface area contributed by atoms with Crippen molar-refractivity contribution in [1.82, 2.24) is 24.7 Å². The Hall–Kier alpha value is -3.16. The Kier molecular flexibility index (Phi) is 4.11. The molecule has 144 valence electrons. The fourth-order valence-electron chi connectivity index (χ4n) is 4.34.